The van der Waals surface area contributed by atoms with Crippen LogP contribution >= 0.6 is 43.2 Å². The van der Waals surface area contributed by atoms with Crippen molar-refractivity contribution in [1.82, 2.24) is 0 Å². The lowest BCUT2D eigenvalue weighted by Gasteiger charge is -2.00. The van der Waals surface area contributed by atoms with Gasteiger partial charge in [-0.05, 0) is 51.8 Å². The van der Waals surface area contributed by atoms with Crippen LogP contribution < -0.4 is 0 Å². The number of thiophene rings is 1. The van der Waals surface area contributed by atoms with Gasteiger partial charge in [-0.2, -0.15) is 5.26 Å². The lowest BCUT2D eigenvalue weighted by Crippen LogP contribution is -1.87. The highest BCUT2D eigenvalue weighted by atomic mass is 79.9. The number of benzene rings is 1. The lowest BCUT2D eigenvalue weighted by atomic mass is 10.1. The van der Waals surface area contributed by atoms with Crippen molar-refractivity contribution in [2.24, 2.45) is 0 Å². The van der Waals surface area contributed by atoms with Gasteiger partial charge in [-0.15, -0.1) is 11.3 Å². The molecule has 0 fully saturated rings. The van der Waals surface area contributed by atoms with Crippen LogP contribution in [0.2, 0.25) is 0 Å². The summed E-state index contributed by atoms with van der Waals surface area (Å²) in [6, 6.07) is 14.3. The fraction of sp³-hybridized carbons (Fsp3) is 0.0714. The van der Waals surface area contributed by atoms with Crippen LogP contribution in [0.4, 0.5) is 0 Å². The molecule has 0 aliphatic carbocycles. The van der Waals surface area contributed by atoms with Gasteiger partial charge in [0.15, 0.2) is 0 Å². The first-order valence-electron chi connectivity index (χ1n) is 5.28. The van der Waals surface area contributed by atoms with Crippen LogP contribution in [0.25, 0.3) is 6.08 Å². The first kappa shape index (κ1) is 13.5. The summed E-state index contributed by atoms with van der Waals surface area (Å²) in [4.78, 5) is 1.09. The first-order valence-corrected chi connectivity index (χ1v) is 7.68. The molecule has 1 heterocycles. The van der Waals surface area contributed by atoms with Crippen LogP contribution in [0.1, 0.15) is 10.4 Å². The van der Waals surface area contributed by atoms with E-state index in [1.807, 2.05) is 42.5 Å². The van der Waals surface area contributed by atoms with Gasteiger partial charge in [0.2, 0.25) is 0 Å². The van der Waals surface area contributed by atoms with Crippen molar-refractivity contribution in [3.05, 3.63) is 60.7 Å². The quantitative estimate of drug-likeness (QED) is 0.650. The summed E-state index contributed by atoms with van der Waals surface area (Å²) in [5.74, 6) is 0. The third-order valence-corrected chi connectivity index (χ3v) is 4.46. The third kappa shape index (κ3) is 3.81. The Labute approximate surface area is 127 Å². The topological polar surface area (TPSA) is 23.8 Å². The molecule has 90 valence electrons. The van der Waals surface area contributed by atoms with Crippen LogP contribution in [0, 0.1) is 11.3 Å². The standard InChI is InChI=1S/C14H9Br2NS/c15-12-3-1-10(2-4-12)7-11(9-17)8-13-5-6-14(16)18-13/h1-6,8H,7H2. The molecule has 0 unspecified atom stereocenters. The van der Waals surface area contributed by atoms with Crippen molar-refractivity contribution in [2.45, 2.75) is 6.42 Å². The van der Waals surface area contributed by atoms with Crippen molar-refractivity contribution >= 4 is 49.3 Å². The van der Waals surface area contributed by atoms with E-state index in [0.29, 0.717) is 6.42 Å². The predicted octanol–water partition coefficient (Wildman–Crippen LogP) is 5.42. The molecular formula is C14H9Br2NS. The Morgan fingerprint density at radius 1 is 1.17 bits per heavy atom. The zero-order valence-electron chi connectivity index (χ0n) is 9.36. The van der Waals surface area contributed by atoms with Crippen LogP contribution in [0.5, 0.6) is 0 Å². The number of nitriles is 1. The van der Waals surface area contributed by atoms with Gasteiger partial charge >= 0.3 is 0 Å². The van der Waals surface area contributed by atoms with Gasteiger partial charge in [0, 0.05) is 21.3 Å². The molecular weight excluding hydrogens is 374 g/mol. The minimum Gasteiger partial charge on any atom is -0.193 e. The Morgan fingerprint density at radius 2 is 1.89 bits per heavy atom. The highest BCUT2D eigenvalue weighted by Gasteiger charge is 2.01. The second kappa shape index (κ2) is 6.33. The summed E-state index contributed by atoms with van der Waals surface area (Å²) < 4.78 is 2.13. The molecule has 0 aliphatic rings. The molecule has 4 heteroatoms. The Morgan fingerprint density at radius 3 is 2.44 bits per heavy atom. The molecule has 0 saturated carbocycles. The van der Waals surface area contributed by atoms with Gasteiger partial charge in [-0.3, -0.25) is 0 Å². The zero-order valence-corrected chi connectivity index (χ0v) is 13.3. The maximum absolute atomic E-state index is 9.18. The Hall–Kier alpha value is -0.890. The SMILES string of the molecule is N#CC(=Cc1ccc(Br)s1)Cc1ccc(Br)cc1. The second-order valence-electron chi connectivity index (χ2n) is 3.73. The number of allylic oxidation sites excluding steroid dienone is 1. The molecule has 0 amide bonds. The maximum atomic E-state index is 9.18. The van der Waals surface area contributed by atoms with Gasteiger partial charge in [0.1, 0.15) is 0 Å². The average molecular weight is 383 g/mol. The van der Waals surface area contributed by atoms with Crippen LogP contribution in [0.3, 0.4) is 0 Å². The molecule has 2 aromatic rings. The number of hydrogen-bond donors (Lipinski definition) is 0. The summed E-state index contributed by atoms with van der Waals surface area (Å²) >= 11 is 8.45. The molecule has 1 aromatic heterocycles. The van der Waals surface area contributed by atoms with Gasteiger partial charge in [0.25, 0.3) is 0 Å². The van der Waals surface area contributed by atoms with E-state index < -0.39 is 0 Å². The summed E-state index contributed by atoms with van der Waals surface area (Å²) in [5.41, 5.74) is 1.91. The monoisotopic (exact) mass is 381 g/mol. The molecule has 1 nitrogen and oxygen atoms in total. The van der Waals surface area contributed by atoms with E-state index in [4.69, 9.17) is 0 Å². The van der Waals surface area contributed by atoms with E-state index in [-0.39, 0.29) is 0 Å². The normalized spacial score (nSPS) is 11.3. The van der Waals surface area contributed by atoms with Crippen molar-refractivity contribution in [1.29, 1.82) is 5.26 Å². The third-order valence-electron chi connectivity index (χ3n) is 2.36. The number of rotatable bonds is 3. The van der Waals surface area contributed by atoms with Crippen molar-refractivity contribution < 1.29 is 0 Å². The molecule has 0 saturated heterocycles. The molecule has 18 heavy (non-hydrogen) atoms. The van der Waals surface area contributed by atoms with Gasteiger partial charge in [-0.1, -0.05) is 28.1 Å². The van der Waals surface area contributed by atoms with E-state index >= 15 is 0 Å². The molecule has 0 aliphatic heterocycles. The molecule has 2 rings (SSSR count). The summed E-state index contributed by atoms with van der Waals surface area (Å²) in [6.45, 7) is 0. The summed E-state index contributed by atoms with van der Waals surface area (Å²) in [6.07, 6.45) is 2.61. The maximum Gasteiger partial charge on any atom is 0.0951 e. The highest BCUT2D eigenvalue weighted by molar-refractivity contribution is 9.11. The van der Waals surface area contributed by atoms with Crippen LogP contribution in [-0.2, 0) is 6.42 Å². The number of halogens is 2. The van der Waals surface area contributed by atoms with Crippen molar-refractivity contribution in [3.63, 3.8) is 0 Å². The first-order chi connectivity index (χ1) is 8.67. The lowest BCUT2D eigenvalue weighted by molar-refractivity contribution is 1.21. The minimum absolute atomic E-state index is 0.666. The Balaban J connectivity index is 2.17. The molecule has 0 spiro atoms. The van der Waals surface area contributed by atoms with Gasteiger partial charge in [-0.25, -0.2) is 0 Å². The average Bonchev–Trinajstić information content (AvgIpc) is 2.77. The minimum atomic E-state index is 0.666. The largest absolute Gasteiger partial charge is 0.193 e. The summed E-state index contributed by atoms with van der Waals surface area (Å²) in [5, 5.41) is 9.18. The molecule has 0 atom stereocenters. The summed E-state index contributed by atoms with van der Waals surface area (Å²) in [7, 11) is 0. The van der Waals surface area contributed by atoms with E-state index in [9.17, 15) is 5.26 Å². The molecule has 1 aromatic carbocycles. The fourth-order valence-electron chi connectivity index (χ4n) is 1.52. The highest BCUT2D eigenvalue weighted by Crippen LogP contribution is 2.24. The van der Waals surface area contributed by atoms with Crippen molar-refractivity contribution in [2.75, 3.05) is 0 Å². The second-order valence-corrected chi connectivity index (χ2v) is 7.14. The Bertz CT molecular complexity index is 605. The van der Waals surface area contributed by atoms with E-state index in [1.54, 1.807) is 11.3 Å². The molecule has 0 N–H and O–H groups in total. The smallest absolute Gasteiger partial charge is 0.0951 e. The van der Waals surface area contributed by atoms with Gasteiger partial charge in [0.05, 0.1) is 9.86 Å². The molecule has 0 radical (unpaired) electrons. The predicted molar refractivity (Wildman–Crippen MR) is 83.5 cm³/mol. The zero-order chi connectivity index (χ0) is 13.0. The van der Waals surface area contributed by atoms with E-state index in [2.05, 4.69) is 37.9 Å². The van der Waals surface area contributed by atoms with Crippen molar-refractivity contribution in [3.8, 4) is 6.07 Å². The molecule has 0 bridgehead atoms. The fourth-order valence-corrected chi connectivity index (χ4v) is 3.18. The number of nitrogens with zero attached hydrogens (tertiary/aromatic N) is 1. The Kier molecular flexibility index (Phi) is 4.76. The van der Waals surface area contributed by atoms with Crippen LogP contribution in [-0.4, -0.2) is 0 Å². The van der Waals surface area contributed by atoms with Gasteiger partial charge < -0.3 is 0 Å². The van der Waals surface area contributed by atoms with E-state index in [0.717, 1.165) is 24.3 Å². The van der Waals surface area contributed by atoms with Crippen LogP contribution in [0.15, 0.2) is 50.2 Å². The number of hydrogen-bond acceptors (Lipinski definition) is 2. The van der Waals surface area contributed by atoms with E-state index in [1.165, 1.54) is 0 Å².